The van der Waals surface area contributed by atoms with Crippen molar-refractivity contribution in [3.63, 3.8) is 0 Å². The highest BCUT2D eigenvalue weighted by Crippen LogP contribution is 2.39. The van der Waals surface area contributed by atoms with Crippen LogP contribution in [0.1, 0.15) is 67.8 Å². The van der Waals surface area contributed by atoms with Crippen LogP contribution in [0.2, 0.25) is 0 Å². The Morgan fingerprint density at radius 3 is 2.64 bits per heavy atom. The molecule has 0 aliphatic heterocycles. The van der Waals surface area contributed by atoms with Crippen molar-refractivity contribution in [3.05, 3.63) is 16.0 Å². The van der Waals surface area contributed by atoms with Gasteiger partial charge in [-0.15, -0.1) is 11.3 Å². The average molecular weight is 383 g/mol. The molecule has 25 heavy (non-hydrogen) atoms. The fourth-order valence-corrected chi connectivity index (χ4v) is 5.66. The fourth-order valence-electron chi connectivity index (χ4n) is 4.19. The minimum absolute atomic E-state index is 0.307. The van der Waals surface area contributed by atoms with Crippen LogP contribution in [-0.4, -0.2) is 24.2 Å². The highest BCUT2D eigenvalue weighted by molar-refractivity contribution is 7.80. The lowest BCUT2D eigenvalue weighted by Crippen LogP contribution is -2.44. The Hall–Kier alpha value is -1.14. The van der Waals surface area contributed by atoms with E-state index in [1.54, 1.807) is 11.3 Å². The quantitative estimate of drug-likeness (QED) is 0.572. The molecular weight excluding hydrogens is 352 g/mol. The largest absolute Gasteiger partial charge is 0.465 e. The maximum absolute atomic E-state index is 12.2. The number of esters is 1. The van der Waals surface area contributed by atoms with Crippen molar-refractivity contribution in [1.29, 1.82) is 0 Å². The Kier molecular flexibility index (Phi) is 6.49. The van der Waals surface area contributed by atoms with Crippen LogP contribution in [-0.2, 0) is 11.2 Å². The van der Waals surface area contributed by atoms with Gasteiger partial charge in [-0.2, -0.15) is 0 Å². The van der Waals surface area contributed by atoms with Crippen LogP contribution in [0.15, 0.2) is 0 Å². The van der Waals surface area contributed by atoms with E-state index in [-0.39, 0.29) is 5.97 Å². The molecule has 1 heterocycles. The van der Waals surface area contributed by atoms with Crippen LogP contribution < -0.4 is 10.6 Å². The normalized spacial score (nSPS) is 22.3. The van der Waals surface area contributed by atoms with Crippen molar-refractivity contribution in [2.45, 2.75) is 66.3 Å². The summed E-state index contributed by atoms with van der Waals surface area (Å²) in [4.78, 5) is 13.3. The lowest BCUT2D eigenvalue weighted by molar-refractivity contribution is 0.0601. The number of nitrogens with one attached hydrogen (secondary N) is 2. The van der Waals surface area contributed by atoms with E-state index in [4.69, 9.17) is 17.0 Å². The van der Waals surface area contributed by atoms with Crippen LogP contribution in [0, 0.1) is 18.3 Å². The second kappa shape index (κ2) is 8.04. The van der Waals surface area contributed by atoms with Gasteiger partial charge in [0.05, 0.1) is 12.7 Å². The van der Waals surface area contributed by atoms with Gasteiger partial charge in [0.1, 0.15) is 5.00 Å². The molecule has 0 radical (unpaired) electrons. The summed E-state index contributed by atoms with van der Waals surface area (Å²) in [6, 6.07) is 0.368. The zero-order valence-corrected chi connectivity index (χ0v) is 17.7. The first-order valence-corrected chi connectivity index (χ1v) is 10.2. The van der Waals surface area contributed by atoms with Gasteiger partial charge in [0.2, 0.25) is 0 Å². The number of hydrogen-bond donors (Lipinski definition) is 2. The number of thiocarbonyl (C=S) groups is 1. The van der Waals surface area contributed by atoms with Crippen molar-refractivity contribution in [1.82, 2.24) is 5.32 Å². The van der Waals surface area contributed by atoms with Crippen molar-refractivity contribution in [2.24, 2.45) is 11.3 Å². The zero-order chi connectivity index (χ0) is 18.8. The molecule has 1 aromatic rings. The third-order valence-corrected chi connectivity index (χ3v) is 6.18. The summed E-state index contributed by atoms with van der Waals surface area (Å²) in [5.41, 5.74) is 1.99. The number of carbonyl (C=O) groups excluding carboxylic acids is 1. The molecule has 1 fully saturated rings. The molecule has 1 aliphatic carbocycles. The van der Waals surface area contributed by atoms with Gasteiger partial charge in [0.25, 0.3) is 0 Å². The molecule has 0 aromatic carbocycles. The zero-order valence-electron chi connectivity index (χ0n) is 16.1. The maximum atomic E-state index is 12.2. The molecule has 1 saturated carbocycles. The molecule has 140 valence electrons. The number of ether oxygens (including phenoxy) is 1. The van der Waals surface area contributed by atoms with Crippen molar-refractivity contribution in [2.75, 3.05) is 12.4 Å². The highest BCUT2D eigenvalue weighted by atomic mass is 32.1. The molecule has 0 saturated heterocycles. The van der Waals surface area contributed by atoms with E-state index in [0.717, 1.165) is 34.7 Å². The van der Waals surface area contributed by atoms with E-state index in [1.165, 1.54) is 13.5 Å². The lowest BCUT2D eigenvalue weighted by Gasteiger charge is -2.39. The Balaban J connectivity index is 2.12. The van der Waals surface area contributed by atoms with Gasteiger partial charge in [-0.25, -0.2) is 4.79 Å². The molecule has 1 aromatic heterocycles. The molecule has 6 heteroatoms. The number of methoxy groups -OCH3 is 1. The summed E-state index contributed by atoms with van der Waals surface area (Å²) < 4.78 is 4.97. The highest BCUT2D eigenvalue weighted by Gasteiger charge is 2.32. The molecule has 2 unspecified atom stereocenters. The topological polar surface area (TPSA) is 50.4 Å². The molecule has 0 spiro atoms. The molecule has 1 aliphatic rings. The van der Waals surface area contributed by atoms with Gasteiger partial charge in [0.15, 0.2) is 5.11 Å². The first-order chi connectivity index (χ1) is 11.7. The molecule has 2 N–H and O–H groups in total. The summed E-state index contributed by atoms with van der Waals surface area (Å²) in [7, 11) is 1.42. The number of aryl methyl sites for hydroxylation is 1. The van der Waals surface area contributed by atoms with Crippen molar-refractivity contribution in [3.8, 4) is 0 Å². The molecule has 4 nitrogen and oxygen atoms in total. The standard InChI is InChI=1S/C19H30N2O2S2/c1-7-14-12(3)25-16(15(14)17(22)23-6)21-18(24)20-13-8-11(2)9-19(4,5)10-13/h11,13H,7-10H2,1-6H3,(H2,20,21,24). The third-order valence-electron chi connectivity index (χ3n) is 4.90. The van der Waals surface area contributed by atoms with Crippen LogP contribution in [0.5, 0.6) is 0 Å². The number of rotatable bonds is 4. The molecular formula is C19H30N2O2S2. The SMILES string of the molecule is CCc1c(C)sc(NC(=S)NC2CC(C)CC(C)(C)C2)c1C(=O)OC. The summed E-state index contributed by atoms with van der Waals surface area (Å²) in [6.45, 7) is 11.0. The average Bonchev–Trinajstić information content (AvgIpc) is 2.79. The molecule has 2 rings (SSSR count). The summed E-state index contributed by atoms with van der Waals surface area (Å²) in [5.74, 6) is 0.379. The van der Waals surface area contributed by atoms with E-state index in [1.807, 2.05) is 13.8 Å². The minimum atomic E-state index is -0.307. The van der Waals surface area contributed by atoms with E-state index in [2.05, 4.69) is 31.4 Å². The van der Waals surface area contributed by atoms with Crippen LogP contribution in [0.4, 0.5) is 5.00 Å². The van der Waals surface area contributed by atoms with E-state index >= 15 is 0 Å². The Bertz CT molecular complexity index is 652. The van der Waals surface area contributed by atoms with E-state index in [0.29, 0.717) is 28.1 Å². The van der Waals surface area contributed by atoms with Gasteiger partial charge in [-0.05, 0) is 61.7 Å². The maximum Gasteiger partial charge on any atom is 0.341 e. The summed E-state index contributed by atoms with van der Waals surface area (Å²) in [5, 5.41) is 8.07. The van der Waals surface area contributed by atoms with Gasteiger partial charge in [-0.1, -0.05) is 27.7 Å². The monoisotopic (exact) mass is 382 g/mol. The molecule has 2 atom stereocenters. The number of anilines is 1. The Morgan fingerprint density at radius 1 is 1.40 bits per heavy atom. The molecule has 0 amide bonds. The predicted octanol–water partition coefficient (Wildman–Crippen LogP) is 4.91. The smallest absolute Gasteiger partial charge is 0.341 e. The number of carbonyl (C=O) groups is 1. The van der Waals surface area contributed by atoms with Gasteiger partial charge in [-0.3, -0.25) is 0 Å². The lowest BCUT2D eigenvalue weighted by atomic mass is 9.71. The van der Waals surface area contributed by atoms with E-state index in [9.17, 15) is 4.79 Å². The van der Waals surface area contributed by atoms with Crippen LogP contribution in [0.25, 0.3) is 0 Å². The third kappa shape index (κ3) is 4.94. The Labute approximate surface area is 160 Å². The number of thiophene rings is 1. The number of hydrogen-bond acceptors (Lipinski definition) is 4. The van der Waals surface area contributed by atoms with Crippen LogP contribution >= 0.6 is 23.6 Å². The van der Waals surface area contributed by atoms with Gasteiger partial charge >= 0.3 is 5.97 Å². The van der Waals surface area contributed by atoms with Gasteiger partial charge in [0, 0.05) is 10.9 Å². The summed E-state index contributed by atoms with van der Waals surface area (Å²) >= 11 is 7.09. The van der Waals surface area contributed by atoms with Crippen molar-refractivity contribution >= 4 is 39.6 Å². The van der Waals surface area contributed by atoms with Gasteiger partial charge < -0.3 is 15.4 Å². The van der Waals surface area contributed by atoms with E-state index < -0.39 is 0 Å². The first-order valence-electron chi connectivity index (χ1n) is 8.95. The summed E-state index contributed by atoms with van der Waals surface area (Å²) in [6.07, 6.45) is 4.27. The first kappa shape index (κ1) is 20.2. The van der Waals surface area contributed by atoms with Crippen LogP contribution in [0.3, 0.4) is 0 Å². The van der Waals surface area contributed by atoms with Crippen molar-refractivity contribution < 1.29 is 9.53 Å². The fraction of sp³-hybridized carbons (Fsp3) is 0.684. The second-order valence-electron chi connectivity index (χ2n) is 7.89. The minimum Gasteiger partial charge on any atom is -0.465 e. The second-order valence-corrected chi connectivity index (χ2v) is 9.53. The Morgan fingerprint density at radius 2 is 2.08 bits per heavy atom. The molecule has 0 bridgehead atoms. The predicted molar refractivity (Wildman–Crippen MR) is 110 cm³/mol.